The molecule has 48 heavy (non-hydrogen) atoms. The van der Waals surface area contributed by atoms with Crippen molar-refractivity contribution in [2.24, 2.45) is 0 Å². The zero-order valence-corrected chi connectivity index (χ0v) is 27.0. The molecule has 244 valence electrons. The molecule has 7 rings (SSSR count). The third-order valence-electron chi connectivity index (χ3n) is 8.84. The molecule has 0 saturated carbocycles. The highest BCUT2D eigenvalue weighted by molar-refractivity contribution is 5.79. The molecule has 0 unspecified atom stereocenters. The maximum Gasteiger partial charge on any atom is 0.119 e. The predicted octanol–water partition coefficient (Wildman–Crippen LogP) is 7.63. The van der Waals surface area contributed by atoms with Crippen molar-refractivity contribution >= 4 is 21.8 Å². The number of nitrogens with one attached hydrogen (secondary N) is 1. The second-order valence-electron chi connectivity index (χ2n) is 12.3. The van der Waals surface area contributed by atoms with E-state index >= 15 is 0 Å². The van der Waals surface area contributed by atoms with E-state index in [1.165, 1.54) is 11.1 Å². The molecule has 4 aromatic carbocycles. The van der Waals surface area contributed by atoms with Crippen molar-refractivity contribution in [3.05, 3.63) is 150 Å². The lowest BCUT2D eigenvalue weighted by Crippen LogP contribution is -2.50. The van der Waals surface area contributed by atoms with Gasteiger partial charge in [0.05, 0.1) is 56.3 Å². The zero-order chi connectivity index (χ0) is 32.4. The second kappa shape index (κ2) is 16.0. The number of fused-ring (bicyclic) bond motifs is 2. The van der Waals surface area contributed by atoms with Crippen molar-refractivity contribution in [3.8, 4) is 5.75 Å². The van der Waals surface area contributed by atoms with Crippen LogP contribution in [0.4, 0.5) is 0 Å². The Morgan fingerprint density at radius 1 is 0.583 bits per heavy atom. The molecule has 0 bridgehead atoms. The molecule has 1 N–H and O–H groups in total. The van der Waals surface area contributed by atoms with Gasteiger partial charge in [0.2, 0.25) is 0 Å². The number of aromatic nitrogens is 2. The van der Waals surface area contributed by atoms with Gasteiger partial charge in [0.15, 0.2) is 0 Å². The lowest BCUT2D eigenvalue weighted by molar-refractivity contribution is -0.0650. The van der Waals surface area contributed by atoms with Crippen molar-refractivity contribution in [2.45, 2.75) is 44.4 Å². The van der Waals surface area contributed by atoms with Crippen LogP contribution in [0.15, 0.2) is 128 Å². The molecule has 1 aliphatic heterocycles. The molecule has 2 aromatic heterocycles. The van der Waals surface area contributed by atoms with Gasteiger partial charge in [-0.1, -0.05) is 78.9 Å². The zero-order valence-electron chi connectivity index (χ0n) is 27.0. The number of benzene rings is 4. The van der Waals surface area contributed by atoms with Crippen LogP contribution in [0.1, 0.15) is 34.6 Å². The van der Waals surface area contributed by atoms with Crippen LogP contribution in [0.5, 0.6) is 5.75 Å². The maximum absolute atomic E-state index is 6.66. The van der Waals surface area contributed by atoms with Gasteiger partial charge in [-0.15, -0.1) is 0 Å². The smallest absolute Gasteiger partial charge is 0.119 e. The van der Waals surface area contributed by atoms with E-state index < -0.39 is 0 Å². The van der Waals surface area contributed by atoms with E-state index in [2.05, 4.69) is 100 Å². The van der Waals surface area contributed by atoms with Crippen LogP contribution < -0.4 is 10.1 Å². The molecule has 3 atom stereocenters. The lowest BCUT2D eigenvalue weighted by atomic mass is 9.85. The topological polar surface area (TPSA) is 74.7 Å². The van der Waals surface area contributed by atoms with Gasteiger partial charge in [0.25, 0.3) is 0 Å². The van der Waals surface area contributed by atoms with Gasteiger partial charge in [0.1, 0.15) is 5.75 Å². The normalized spacial score (nSPS) is 17.9. The summed E-state index contributed by atoms with van der Waals surface area (Å²) in [5.41, 5.74) is 6.50. The second-order valence-corrected chi connectivity index (χ2v) is 12.3. The number of pyridine rings is 2. The summed E-state index contributed by atoms with van der Waals surface area (Å²) in [7, 11) is 0. The van der Waals surface area contributed by atoms with E-state index in [9.17, 15) is 0 Å². The molecule has 1 aliphatic rings. The van der Waals surface area contributed by atoms with Crippen LogP contribution >= 0.6 is 0 Å². The van der Waals surface area contributed by atoms with Crippen molar-refractivity contribution in [1.82, 2.24) is 15.3 Å². The standard InChI is InChI=1S/C41H41N3O4/c1-2-7-30(8-3-1)27-45-21-6-22-46-36-17-15-35(16-18-36)41-39(47-28-31-11-13-33-9-4-19-43-37(33)23-31)25-42-26-40(41)48-29-32-12-14-34-10-5-20-44-38(34)24-32/h1-5,7-20,23-24,39-42H,6,21-22,25-29H2/t39-,40+,41-. The van der Waals surface area contributed by atoms with Crippen LogP contribution in [0.25, 0.3) is 21.8 Å². The van der Waals surface area contributed by atoms with Crippen molar-refractivity contribution in [1.29, 1.82) is 0 Å². The molecule has 3 heterocycles. The molecular weight excluding hydrogens is 598 g/mol. The molecule has 0 spiro atoms. The van der Waals surface area contributed by atoms with Gasteiger partial charge in [-0.05, 0) is 58.7 Å². The van der Waals surface area contributed by atoms with Crippen molar-refractivity contribution in [2.75, 3.05) is 26.3 Å². The maximum atomic E-state index is 6.66. The molecule has 0 amide bonds. The van der Waals surface area contributed by atoms with Crippen molar-refractivity contribution < 1.29 is 18.9 Å². The summed E-state index contributed by atoms with van der Waals surface area (Å²) < 4.78 is 25.2. The Morgan fingerprint density at radius 3 is 1.83 bits per heavy atom. The minimum absolute atomic E-state index is 0.0313. The summed E-state index contributed by atoms with van der Waals surface area (Å²) in [4.78, 5) is 9.06. The fourth-order valence-corrected chi connectivity index (χ4v) is 6.33. The average molecular weight is 640 g/mol. The van der Waals surface area contributed by atoms with E-state index in [0.717, 1.165) is 58.2 Å². The molecule has 6 aromatic rings. The SMILES string of the molecule is c1ccc(COCCCOc2ccc([C@H]3[C@@H](OCc4ccc5cccnc5c4)CNC[C@H]3OCc3ccc4cccnc4c3)cc2)cc1. The van der Waals surface area contributed by atoms with E-state index in [0.29, 0.717) is 33.0 Å². The summed E-state index contributed by atoms with van der Waals surface area (Å²) in [6.07, 6.45) is 4.30. The highest BCUT2D eigenvalue weighted by atomic mass is 16.5. The minimum atomic E-state index is -0.0880. The Balaban J connectivity index is 1.01. The van der Waals surface area contributed by atoms with Crippen LogP contribution in [0.3, 0.4) is 0 Å². The first kappa shape index (κ1) is 31.9. The first-order chi connectivity index (χ1) is 23.8. The molecule has 0 aliphatic carbocycles. The summed E-state index contributed by atoms with van der Waals surface area (Å²) in [5, 5.41) is 5.82. The Kier molecular flexibility index (Phi) is 10.6. The number of nitrogens with zero attached hydrogens (tertiary/aromatic N) is 2. The Labute approximate surface area is 281 Å². The first-order valence-corrected chi connectivity index (χ1v) is 16.7. The first-order valence-electron chi connectivity index (χ1n) is 16.7. The number of rotatable bonds is 14. The third kappa shape index (κ3) is 8.24. The third-order valence-corrected chi connectivity index (χ3v) is 8.84. The van der Waals surface area contributed by atoms with Gasteiger partial charge >= 0.3 is 0 Å². The molecule has 7 heteroatoms. The average Bonchev–Trinajstić information content (AvgIpc) is 3.15. The van der Waals surface area contributed by atoms with Gasteiger partial charge in [-0.2, -0.15) is 0 Å². The molecule has 7 nitrogen and oxygen atoms in total. The Hall–Kier alpha value is -4.66. The number of piperidine rings is 1. The van der Waals surface area contributed by atoms with E-state index in [1.54, 1.807) is 0 Å². The minimum Gasteiger partial charge on any atom is -0.494 e. The van der Waals surface area contributed by atoms with Crippen LogP contribution in [-0.2, 0) is 34.0 Å². The molecule has 1 fully saturated rings. The predicted molar refractivity (Wildman–Crippen MR) is 189 cm³/mol. The Bertz CT molecular complexity index is 1810. The van der Waals surface area contributed by atoms with Gasteiger partial charge in [-0.3, -0.25) is 9.97 Å². The number of hydrogen-bond acceptors (Lipinski definition) is 7. The highest BCUT2D eigenvalue weighted by Gasteiger charge is 2.36. The van der Waals surface area contributed by atoms with E-state index in [4.69, 9.17) is 18.9 Å². The largest absolute Gasteiger partial charge is 0.494 e. The van der Waals surface area contributed by atoms with Crippen LogP contribution in [0.2, 0.25) is 0 Å². The molecular formula is C41H41N3O4. The molecule has 0 radical (unpaired) electrons. The van der Waals surface area contributed by atoms with Gasteiger partial charge < -0.3 is 24.3 Å². The van der Waals surface area contributed by atoms with Gasteiger partial charge in [0, 0.05) is 48.6 Å². The number of hydrogen-bond donors (Lipinski definition) is 1. The molecule has 1 saturated heterocycles. The van der Waals surface area contributed by atoms with Crippen molar-refractivity contribution in [3.63, 3.8) is 0 Å². The number of ether oxygens (including phenoxy) is 4. The quantitative estimate of drug-likeness (QED) is 0.123. The summed E-state index contributed by atoms with van der Waals surface area (Å²) >= 11 is 0. The highest BCUT2D eigenvalue weighted by Crippen LogP contribution is 2.33. The monoisotopic (exact) mass is 639 g/mol. The van der Waals surface area contributed by atoms with Crippen LogP contribution in [0, 0.1) is 0 Å². The fourth-order valence-electron chi connectivity index (χ4n) is 6.33. The summed E-state index contributed by atoms with van der Waals surface area (Å²) in [5.74, 6) is 0.877. The summed E-state index contributed by atoms with van der Waals surface area (Å²) in [6, 6.07) is 39.4. The fraction of sp³-hybridized carbons (Fsp3) is 0.268. The van der Waals surface area contributed by atoms with E-state index in [1.807, 2.05) is 42.7 Å². The Morgan fingerprint density at radius 2 is 1.21 bits per heavy atom. The van der Waals surface area contributed by atoms with E-state index in [-0.39, 0.29) is 18.1 Å². The van der Waals surface area contributed by atoms with Crippen LogP contribution in [-0.4, -0.2) is 48.5 Å². The summed E-state index contributed by atoms with van der Waals surface area (Å²) in [6.45, 7) is 4.32. The van der Waals surface area contributed by atoms with Gasteiger partial charge in [-0.25, -0.2) is 0 Å². The lowest BCUT2D eigenvalue weighted by Gasteiger charge is -2.39.